The Kier molecular flexibility index (Phi) is 4.62. The van der Waals surface area contributed by atoms with Gasteiger partial charge < -0.3 is 9.30 Å². The predicted molar refractivity (Wildman–Crippen MR) is 119 cm³/mol. The van der Waals surface area contributed by atoms with Gasteiger partial charge in [0.05, 0.1) is 19.2 Å². The lowest BCUT2D eigenvalue weighted by Gasteiger charge is -2.12. The predicted octanol–water partition coefficient (Wildman–Crippen LogP) is 2.30. The lowest BCUT2D eigenvalue weighted by molar-refractivity contribution is 0.0974. The van der Waals surface area contributed by atoms with Crippen molar-refractivity contribution in [3.8, 4) is 0 Å². The molecule has 5 rings (SSSR count). The topological polar surface area (TPSA) is 75.5 Å². The first-order chi connectivity index (χ1) is 14.9. The molecule has 31 heavy (non-hydrogen) atoms. The summed E-state index contributed by atoms with van der Waals surface area (Å²) in [6.07, 6.45) is 2.23. The zero-order chi connectivity index (χ0) is 21.9. The molecular formula is C23H27N5O3. The molecule has 4 heterocycles. The molecule has 4 aromatic rings. The molecule has 162 valence electrons. The van der Waals surface area contributed by atoms with Gasteiger partial charge in [-0.25, -0.2) is 4.79 Å². The fourth-order valence-electron chi connectivity index (χ4n) is 4.62. The Balaban J connectivity index is 1.75. The maximum atomic E-state index is 13.6. The van der Waals surface area contributed by atoms with Crippen molar-refractivity contribution in [3.63, 3.8) is 0 Å². The van der Waals surface area contributed by atoms with Crippen molar-refractivity contribution in [1.29, 1.82) is 0 Å². The number of imidazole rings is 2. The van der Waals surface area contributed by atoms with Crippen LogP contribution in [0.3, 0.4) is 0 Å². The van der Waals surface area contributed by atoms with Crippen LogP contribution in [0, 0.1) is 20.8 Å². The second-order valence-electron chi connectivity index (χ2n) is 8.50. The van der Waals surface area contributed by atoms with Crippen LogP contribution in [0.15, 0.2) is 33.9 Å². The zero-order valence-corrected chi connectivity index (χ0v) is 18.4. The fourth-order valence-corrected chi connectivity index (χ4v) is 4.62. The highest BCUT2D eigenvalue weighted by atomic mass is 16.5. The van der Waals surface area contributed by atoms with Gasteiger partial charge in [-0.15, -0.1) is 0 Å². The van der Waals surface area contributed by atoms with E-state index in [1.807, 2.05) is 49.4 Å². The minimum absolute atomic E-state index is 0.149. The van der Waals surface area contributed by atoms with Crippen molar-refractivity contribution in [2.45, 2.75) is 52.8 Å². The molecule has 0 amide bonds. The molecule has 8 heteroatoms. The third kappa shape index (κ3) is 2.96. The highest BCUT2D eigenvalue weighted by Gasteiger charge is 2.25. The van der Waals surface area contributed by atoms with Crippen LogP contribution in [0.1, 0.15) is 35.4 Å². The number of aromatic nitrogens is 5. The minimum Gasteiger partial charge on any atom is -0.376 e. The van der Waals surface area contributed by atoms with Gasteiger partial charge in [0.15, 0.2) is 11.2 Å². The number of aryl methyl sites for hydroxylation is 3. The molecule has 0 spiro atoms. The Bertz CT molecular complexity index is 1430. The van der Waals surface area contributed by atoms with Crippen molar-refractivity contribution in [1.82, 2.24) is 23.1 Å². The van der Waals surface area contributed by atoms with E-state index < -0.39 is 0 Å². The number of benzene rings is 1. The summed E-state index contributed by atoms with van der Waals surface area (Å²) in [5.41, 5.74) is 4.18. The minimum atomic E-state index is -0.360. The first kappa shape index (κ1) is 19.8. The molecule has 1 atom stereocenters. The van der Waals surface area contributed by atoms with Crippen LogP contribution in [0.4, 0.5) is 0 Å². The third-order valence-electron chi connectivity index (χ3n) is 6.63. The van der Waals surface area contributed by atoms with Crippen LogP contribution in [0.2, 0.25) is 0 Å². The summed E-state index contributed by atoms with van der Waals surface area (Å²) in [5, 5.41) is 0. The molecule has 1 aliphatic heterocycles. The number of hydrogen-bond donors (Lipinski definition) is 0. The molecule has 1 aliphatic rings. The monoisotopic (exact) mass is 421 g/mol. The molecule has 1 fully saturated rings. The molecule has 3 aromatic heterocycles. The molecule has 0 bridgehead atoms. The Morgan fingerprint density at radius 2 is 1.87 bits per heavy atom. The van der Waals surface area contributed by atoms with Crippen LogP contribution in [0.5, 0.6) is 0 Å². The number of fused-ring (bicyclic) bond motifs is 3. The Labute approximate surface area is 179 Å². The standard InChI is InChI=1S/C23H27N5O3/c1-14-8-5-6-9-17(14)12-27-21(29)19-20(25(4)23(27)30)24-22-26(13-18-10-7-11-31-18)15(2)16(3)28(19)22/h5-6,8-9,18H,7,10-13H2,1-4H3/t18-/m1/s1. The first-order valence-electron chi connectivity index (χ1n) is 10.7. The summed E-state index contributed by atoms with van der Waals surface area (Å²) in [5.74, 6) is 0.682. The first-order valence-corrected chi connectivity index (χ1v) is 10.7. The Morgan fingerprint density at radius 1 is 1.10 bits per heavy atom. The quantitative estimate of drug-likeness (QED) is 0.507. The van der Waals surface area contributed by atoms with E-state index in [9.17, 15) is 9.59 Å². The molecule has 0 saturated carbocycles. The van der Waals surface area contributed by atoms with Crippen LogP contribution in [0.25, 0.3) is 16.9 Å². The van der Waals surface area contributed by atoms with Crippen molar-refractivity contribution in [2.75, 3.05) is 6.61 Å². The van der Waals surface area contributed by atoms with Crippen molar-refractivity contribution < 1.29 is 4.74 Å². The third-order valence-corrected chi connectivity index (χ3v) is 6.63. The zero-order valence-electron chi connectivity index (χ0n) is 18.4. The van der Waals surface area contributed by atoms with Crippen LogP contribution in [-0.4, -0.2) is 35.8 Å². The van der Waals surface area contributed by atoms with Gasteiger partial charge in [0, 0.05) is 25.0 Å². The van der Waals surface area contributed by atoms with Crippen LogP contribution >= 0.6 is 0 Å². The highest BCUT2D eigenvalue weighted by molar-refractivity contribution is 5.76. The van der Waals surface area contributed by atoms with Crippen LogP contribution < -0.4 is 11.2 Å². The summed E-state index contributed by atoms with van der Waals surface area (Å²) in [7, 11) is 1.68. The van der Waals surface area contributed by atoms with Crippen molar-refractivity contribution >= 4 is 16.9 Å². The van der Waals surface area contributed by atoms with E-state index >= 15 is 0 Å². The number of ether oxygens (including phenoxy) is 1. The van der Waals surface area contributed by atoms with Gasteiger partial charge in [-0.1, -0.05) is 24.3 Å². The summed E-state index contributed by atoms with van der Waals surface area (Å²) in [6, 6.07) is 7.81. The second-order valence-corrected chi connectivity index (χ2v) is 8.50. The van der Waals surface area contributed by atoms with E-state index in [2.05, 4.69) is 4.57 Å². The SMILES string of the molecule is Cc1ccccc1Cn1c(=O)c2c(nc3n(C[C@H]4CCCO4)c(C)c(C)n23)n(C)c1=O. The van der Waals surface area contributed by atoms with E-state index in [4.69, 9.17) is 9.72 Å². The van der Waals surface area contributed by atoms with Gasteiger partial charge in [0.25, 0.3) is 5.56 Å². The second kappa shape index (κ2) is 7.23. The van der Waals surface area contributed by atoms with Gasteiger partial charge in [0.2, 0.25) is 5.78 Å². The lowest BCUT2D eigenvalue weighted by Crippen LogP contribution is -2.39. The largest absolute Gasteiger partial charge is 0.376 e. The van der Waals surface area contributed by atoms with E-state index in [-0.39, 0.29) is 23.9 Å². The van der Waals surface area contributed by atoms with E-state index in [0.717, 1.165) is 42.0 Å². The number of rotatable bonds is 4. The van der Waals surface area contributed by atoms with Gasteiger partial charge in [0.1, 0.15) is 0 Å². The van der Waals surface area contributed by atoms with Gasteiger partial charge in [-0.2, -0.15) is 4.98 Å². The molecule has 1 saturated heterocycles. The van der Waals surface area contributed by atoms with Gasteiger partial charge in [-0.05, 0) is 44.7 Å². The summed E-state index contributed by atoms with van der Waals surface area (Å²) < 4.78 is 12.6. The Morgan fingerprint density at radius 3 is 2.58 bits per heavy atom. The molecule has 0 radical (unpaired) electrons. The van der Waals surface area contributed by atoms with E-state index in [1.165, 1.54) is 9.13 Å². The average molecular weight is 422 g/mol. The molecular weight excluding hydrogens is 394 g/mol. The van der Waals surface area contributed by atoms with Crippen LogP contribution in [-0.2, 0) is 24.9 Å². The summed E-state index contributed by atoms with van der Waals surface area (Å²) >= 11 is 0. The normalized spacial score (nSPS) is 16.7. The van der Waals surface area contributed by atoms with Crippen molar-refractivity contribution in [3.05, 3.63) is 67.6 Å². The number of hydrogen-bond acceptors (Lipinski definition) is 4. The maximum Gasteiger partial charge on any atom is 0.332 e. The highest BCUT2D eigenvalue weighted by Crippen LogP contribution is 2.23. The molecule has 0 aliphatic carbocycles. The molecule has 0 N–H and O–H groups in total. The molecule has 8 nitrogen and oxygen atoms in total. The van der Waals surface area contributed by atoms with E-state index in [0.29, 0.717) is 23.5 Å². The lowest BCUT2D eigenvalue weighted by atomic mass is 10.1. The Hall–Kier alpha value is -3.13. The van der Waals surface area contributed by atoms with Crippen molar-refractivity contribution in [2.24, 2.45) is 7.05 Å². The maximum absolute atomic E-state index is 13.6. The summed E-state index contributed by atoms with van der Waals surface area (Å²) in [6.45, 7) is 7.73. The van der Waals surface area contributed by atoms with E-state index in [1.54, 1.807) is 7.05 Å². The smallest absolute Gasteiger partial charge is 0.332 e. The molecule has 1 aromatic carbocycles. The number of nitrogens with zero attached hydrogens (tertiary/aromatic N) is 5. The average Bonchev–Trinajstić information content (AvgIpc) is 3.46. The molecule has 0 unspecified atom stereocenters. The van der Waals surface area contributed by atoms with Gasteiger partial charge >= 0.3 is 5.69 Å². The van der Waals surface area contributed by atoms with Gasteiger partial charge in [-0.3, -0.25) is 18.3 Å². The summed E-state index contributed by atoms with van der Waals surface area (Å²) in [4.78, 5) is 31.4. The fraction of sp³-hybridized carbons (Fsp3) is 0.435.